The molecule has 0 aliphatic carbocycles. The summed E-state index contributed by atoms with van der Waals surface area (Å²) in [5.41, 5.74) is 0.975. The third-order valence-electron chi connectivity index (χ3n) is 3.18. The molecule has 2 heterocycles. The van der Waals surface area contributed by atoms with Crippen LogP contribution in [0.5, 0.6) is 0 Å². The Morgan fingerprint density at radius 2 is 2.16 bits per heavy atom. The average molecular weight is 294 g/mol. The van der Waals surface area contributed by atoms with Crippen LogP contribution in [0.4, 0.5) is 5.69 Å². The van der Waals surface area contributed by atoms with Crippen molar-refractivity contribution < 1.29 is 9.59 Å². The van der Waals surface area contributed by atoms with Crippen LogP contribution < -0.4 is 4.90 Å². The van der Waals surface area contributed by atoms with E-state index in [9.17, 15) is 9.59 Å². The highest BCUT2D eigenvalue weighted by Gasteiger charge is 2.28. The van der Waals surface area contributed by atoms with Crippen LogP contribution in [0.2, 0.25) is 0 Å². The number of carbonyl (C=O) groups excluding carboxylic acids is 2. The minimum atomic E-state index is 0.0172. The fourth-order valence-electron chi connectivity index (χ4n) is 2.22. The lowest BCUT2D eigenvalue weighted by atomic mass is 10.2. The first-order chi connectivity index (χ1) is 9.25. The molecule has 100 valence electrons. The average Bonchev–Trinajstić information content (AvgIpc) is 2.83. The smallest absolute Gasteiger partial charge is 0.246 e. The van der Waals surface area contributed by atoms with Crippen molar-refractivity contribution in [1.29, 1.82) is 0 Å². The number of fused-ring (bicyclic) bond motifs is 1. The summed E-state index contributed by atoms with van der Waals surface area (Å²) < 4.78 is 0. The lowest BCUT2D eigenvalue weighted by molar-refractivity contribution is -0.131. The second-order valence-electron chi connectivity index (χ2n) is 4.43. The van der Waals surface area contributed by atoms with Crippen molar-refractivity contribution in [3.63, 3.8) is 0 Å². The quantitative estimate of drug-likeness (QED) is 0.832. The van der Waals surface area contributed by atoms with Gasteiger partial charge in [-0.2, -0.15) is 0 Å². The highest BCUT2D eigenvalue weighted by atomic mass is 32.2. The summed E-state index contributed by atoms with van der Waals surface area (Å²) in [5, 5.41) is 0. The SMILES string of the molecule is O=C1CSCN1CC(=O)N1CCSc2ccccc21. The first kappa shape index (κ1) is 12.9. The van der Waals surface area contributed by atoms with E-state index in [1.165, 1.54) is 0 Å². The van der Waals surface area contributed by atoms with Gasteiger partial charge in [0.1, 0.15) is 6.54 Å². The largest absolute Gasteiger partial charge is 0.323 e. The molecule has 0 bridgehead atoms. The molecule has 0 N–H and O–H groups in total. The second-order valence-corrected chi connectivity index (χ2v) is 6.52. The maximum Gasteiger partial charge on any atom is 0.246 e. The van der Waals surface area contributed by atoms with Gasteiger partial charge < -0.3 is 9.80 Å². The van der Waals surface area contributed by atoms with Gasteiger partial charge in [0.2, 0.25) is 11.8 Å². The molecule has 0 unspecified atom stereocenters. The summed E-state index contributed by atoms with van der Waals surface area (Å²) >= 11 is 3.34. The van der Waals surface area contributed by atoms with Crippen LogP contribution >= 0.6 is 23.5 Å². The summed E-state index contributed by atoms with van der Waals surface area (Å²) in [5.74, 6) is 2.13. The Labute approximate surface area is 120 Å². The minimum absolute atomic E-state index is 0.0172. The van der Waals surface area contributed by atoms with Gasteiger partial charge in [0.25, 0.3) is 0 Å². The van der Waals surface area contributed by atoms with E-state index in [1.807, 2.05) is 29.2 Å². The van der Waals surface area contributed by atoms with Gasteiger partial charge in [0, 0.05) is 17.2 Å². The summed E-state index contributed by atoms with van der Waals surface area (Å²) in [6.07, 6.45) is 0. The molecule has 1 saturated heterocycles. The van der Waals surface area contributed by atoms with Crippen molar-refractivity contribution in [2.75, 3.05) is 35.4 Å². The summed E-state index contributed by atoms with van der Waals surface area (Å²) in [4.78, 5) is 28.5. The fourth-order valence-corrected chi connectivity index (χ4v) is 4.12. The predicted molar refractivity (Wildman–Crippen MR) is 78.6 cm³/mol. The standard InChI is InChI=1S/C13H14N2O2S2/c16-12(7-14-9-18-8-13(14)17)15-5-6-19-11-4-2-1-3-10(11)15/h1-4H,5-9H2. The number of carbonyl (C=O) groups is 2. The van der Waals surface area contributed by atoms with Gasteiger partial charge in [-0.1, -0.05) is 12.1 Å². The minimum Gasteiger partial charge on any atom is -0.323 e. The normalized spacial score (nSPS) is 18.6. The fraction of sp³-hybridized carbons (Fsp3) is 0.385. The van der Waals surface area contributed by atoms with Gasteiger partial charge in [0.05, 0.1) is 17.3 Å². The first-order valence-electron chi connectivity index (χ1n) is 6.13. The van der Waals surface area contributed by atoms with Gasteiger partial charge >= 0.3 is 0 Å². The monoisotopic (exact) mass is 294 g/mol. The van der Waals surface area contributed by atoms with E-state index in [4.69, 9.17) is 0 Å². The molecule has 6 heteroatoms. The molecule has 2 aliphatic rings. The third-order valence-corrected chi connectivity index (χ3v) is 5.17. The number of thioether (sulfide) groups is 2. The number of para-hydroxylation sites is 1. The van der Waals surface area contributed by atoms with E-state index in [0.717, 1.165) is 22.9 Å². The maximum absolute atomic E-state index is 12.4. The maximum atomic E-state index is 12.4. The number of nitrogens with zero attached hydrogens (tertiary/aromatic N) is 2. The number of amides is 2. The van der Waals surface area contributed by atoms with E-state index in [1.54, 1.807) is 28.4 Å². The van der Waals surface area contributed by atoms with E-state index >= 15 is 0 Å². The van der Waals surface area contributed by atoms with Crippen LogP contribution in [0.1, 0.15) is 0 Å². The highest BCUT2D eigenvalue weighted by Crippen LogP contribution is 2.34. The number of benzene rings is 1. The van der Waals surface area contributed by atoms with Crippen LogP contribution in [0.3, 0.4) is 0 Å². The number of hydrogen-bond donors (Lipinski definition) is 0. The first-order valence-corrected chi connectivity index (χ1v) is 8.27. The van der Waals surface area contributed by atoms with Crippen molar-refractivity contribution in [2.24, 2.45) is 0 Å². The molecule has 0 atom stereocenters. The predicted octanol–water partition coefficient (Wildman–Crippen LogP) is 1.66. The van der Waals surface area contributed by atoms with Crippen LogP contribution in [0, 0.1) is 0 Å². The molecular formula is C13H14N2O2S2. The Kier molecular flexibility index (Phi) is 3.70. The van der Waals surface area contributed by atoms with Crippen LogP contribution in [0.15, 0.2) is 29.2 Å². The Morgan fingerprint density at radius 3 is 2.95 bits per heavy atom. The van der Waals surface area contributed by atoms with E-state index < -0.39 is 0 Å². The van der Waals surface area contributed by atoms with Crippen molar-refractivity contribution in [3.8, 4) is 0 Å². The molecular weight excluding hydrogens is 280 g/mol. The van der Waals surface area contributed by atoms with E-state index in [-0.39, 0.29) is 18.4 Å². The summed E-state index contributed by atoms with van der Waals surface area (Å²) in [7, 11) is 0. The highest BCUT2D eigenvalue weighted by molar-refractivity contribution is 8.00. The lowest BCUT2D eigenvalue weighted by Crippen LogP contribution is -2.43. The third kappa shape index (κ3) is 2.60. The van der Waals surface area contributed by atoms with Crippen LogP contribution in [0.25, 0.3) is 0 Å². The van der Waals surface area contributed by atoms with Gasteiger partial charge in [-0.25, -0.2) is 0 Å². The lowest BCUT2D eigenvalue weighted by Gasteiger charge is -2.30. The zero-order valence-electron chi connectivity index (χ0n) is 10.4. The molecule has 2 amide bonds. The molecule has 2 aliphatic heterocycles. The summed E-state index contributed by atoms with van der Waals surface area (Å²) in [6.45, 7) is 0.917. The number of hydrogen-bond acceptors (Lipinski definition) is 4. The molecule has 19 heavy (non-hydrogen) atoms. The summed E-state index contributed by atoms with van der Waals surface area (Å²) in [6, 6.07) is 7.94. The van der Waals surface area contributed by atoms with Crippen molar-refractivity contribution in [1.82, 2.24) is 4.90 Å². The zero-order valence-corrected chi connectivity index (χ0v) is 12.0. The second kappa shape index (κ2) is 5.46. The Balaban J connectivity index is 1.76. The van der Waals surface area contributed by atoms with E-state index in [0.29, 0.717) is 11.6 Å². The molecule has 0 spiro atoms. The van der Waals surface area contributed by atoms with Crippen molar-refractivity contribution >= 4 is 41.0 Å². The molecule has 1 fully saturated rings. The Bertz CT molecular complexity index is 521. The van der Waals surface area contributed by atoms with Crippen LogP contribution in [-0.4, -0.2) is 47.2 Å². The Morgan fingerprint density at radius 1 is 1.32 bits per heavy atom. The molecule has 3 rings (SSSR count). The molecule has 4 nitrogen and oxygen atoms in total. The number of anilines is 1. The number of rotatable bonds is 2. The van der Waals surface area contributed by atoms with Gasteiger partial charge in [0.15, 0.2) is 0 Å². The molecule has 0 saturated carbocycles. The van der Waals surface area contributed by atoms with Crippen molar-refractivity contribution in [3.05, 3.63) is 24.3 Å². The Hall–Kier alpha value is -1.14. The zero-order chi connectivity index (χ0) is 13.2. The van der Waals surface area contributed by atoms with Gasteiger partial charge in [-0.3, -0.25) is 9.59 Å². The van der Waals surface area contributed by atoms with E-state index in [2.05, 4.69) is 0 Å². The van der Waals surface area contributed by atoms with Gasteiger partial charge in [-0.15, -0.1) is 23.5 Å². The molecule has 1 aromatic carbocycles. The molecule has 1 aromatic rings. The van der Waals surface area contributed by atoms with Crippen LogP contribution in [-0.2, 0) is 9.59 Å². The molecule has 0 aromatic heterocycles. The molecule has 0 radical (unpaired) electrons. The topological polar surface area (TPSA) is 40.6 Å². The van der Waals surface area contributed by atoms with Crippen molar-refractivity contribution in [2.45, 2.75) is 4.90 Å². The van der Waals surface area contributed by atoms with Gasteiger partial charge in [-0.05, 0) is 12.1 Å².